The van der Waals surface area contributed by atoms with Crippen LogP contribution in [0, 0.1) is 5.92 Å². The average molecular weight is 324 g/mol. The summed E-state index contributed by atoms with van der Waals surface area (Å²) in [5.41, 5.74) is 7.10. The Morgan fingerprint density at radius 3 is 1.83 bits per heavy atom. The van der Waals surface area contributed by atoms with Gasteiger partial charge in [0.25, 0.3) is 0 Å². The van der Waals surface area contributed by atoms with Crippen molar-refractivity contribution in [2.75, 3.05) is 0 Å². The maximum absolute atomic E-state index is 6.89. The van der Waals surface area contributed by atoms with E-state index in [9.17, 15) is 0 Å². The molecule has 2 aromatic rings. The second kappa shape index (κ2) is 8.28. The molecule has 0 aliphatic carbocycles. The summed E-state index contributed by atoms with van der Waals surface area (Å²) >= 11 is 0. The van der Waals surface area contributed by atoms with Gasteiger partial charge in [0.2, 0.25) is 0 Å². The molecule has 0 bridgehead atoms. The van der Waals surface area contributed by atoms with Crippen LogP contribution in [-0.2, 0) is 0 Å². The third-order valence-electron chi connectivity index (χ3n) is 4.68. The first-order valence-electron chi connectivity index (χ1n) is 8.58. The fourth-order valence-corrected chi connectivity index (χ4v) is 8.82. The van der Waals surface area contributed by atoms with Gasteiger partial charge in [0, 0.05) is 5.67 Å². The van der Waals surface area contributed by atoms with Crippen LogP contribution in [0.15, 0.2) is 73.3 Å². The molecule has 23 heavy (non-hydrogen) atoms. The van der Waals surface area contributed by atoms with Gasteiger partial charge >= 0.3 is 0 Å². The maximum atomic E-state index is 6.89. The molecule has 1 atom stereocenters. The molecule has 0 radical (unpaired) electrons. The van der Waals surface area contributed by atoms with Crippen LogP contribution >= 0.6 is 0 Å². The van der Waals surface area contributed by atoms with Gasteiger partial charge < -0.3 is 5.73 Å². The van der Waals surface area contributed by atoms with E-state index < -0.39 is 8.07 Å². The van der Waals surface area contributed by atoms with Gasteiger partial charge in [-0.05, 0) is 24.8 Å². The number of rotatable bonds is 8. The van der Waals surface area contributed by atoms with Crippen LogP contribution < -0.4 is 16.1 Å². The van der Waals surface area contributed by atoms with Crippen LogP contribution in [0.1, 0.15) is 26.7 Å². The highest BCUT2D eigenvalue weighted by molar-refractivity contribution is 7.03. The highest BCUT2D eigenvalue weighted by Crippen LogP contribution is 2.22. The van der Waals surface area contributed by atoms with E-state index in [4.69, 9.17) is 5.73 Å². The second-order valence-electron chi connectivity index (χ2n) is 6.77. The van der Waals surface area contributed by atoms with E-state index in [1.54, 1.807) is 0 Å². The van der Waals surface area contributed by atoms with E-state index >= 15 is 0 Å². The molecular weight excluding hydrogens is 294 g/mol. The fraction of sp³-hybridized carbons (Fsp3) is 0.333. The molecule has 1 nitrogen and oxygen atoms in total. The zero-order valence-corrected chi connectivity index (χ0v) is 15.4. The summed E-state index contributed by atoms with van der Waals surface area (Å²) in [7, 11) is -2.03. The molecule has 0 fully saturated rings. The van der Waals surface area contributed by atoms with E-state index in [0.29, 0.717) is 5.92 Å². The van der Waals surface area contributed by atoms with Gasteiger partial charge in [-0.1, -0.05) is 91.0 Å². The number of benzene rings is 2. The lowest BCUT2D eigenvalue weighted by Gasteiger charge is -2.39. The van der Waals surface area contributed by atoms with Crippen LogP contribution in [0.25, 0.3) is 0 Å². The van der Waals surface area contributed by atoms with Gasteiger partial charge in [-0.2, -0.15) is 0 Å². The normalized spacial score (nSPS) is 13.0. The highest BCUT2D eigenvalue weighted by atomic mass is 28.3. The summed E-state index contributed by atoms with van der Waals surface area (Å²) < 4.78 is 0. The molecule has 1 unspecified atom stereocenters. The molecule has 0 heterocycles. The van der Waals surface area contributed by atoms with Crippen LogP contribution in [0.2, 0.25) is 6.04 Å². The van der Waals surface area contributed by atoms with E-state index in [-0.39, 0.29) is 5.67 Å². The Kier molecular flexibility index (Phi) is 6.37. The molecule has 2 rings (SSSR count). The molecule has 122 valence electrons. The van der Waals surface area contributed by atoms with Crippen molar-refractivity contribution in [3.8, 4) is 0 Å². The number of hydrogen-bond acceptors (Lipinski definition) is 1. The van der Waals surface area contributed by atoms with Gasteiger partial charge in [-0.3, -0.25) is 0 Å². The summed E-state index contributed by atoms with van der Waals surface area (Å²) in [6.07, 6.45) is 4.12. The topological polar surface area (TPSA) is 26.0 Å². The van der Waals surface area contributed by atoms with Gasteiger partial charge in [0.05, 0.1) is 0 Å². The smallest absolute Gasteiger partial charge is 0.134 e. The summed E-state index contributed by atoms with van der Waals surface area (Å²) in [5.74, 6) is 0.605. The van der Waals surface area contributed by atoms with Gasteiger partial charge in [-0.15, -0.1) is 6.58 Å². The van der Waals surface area contributed by atoms with Crippen molar-refractivity contribution in [2.24, 2.45) is 11.7 Å². The molecule has 0 amide bonds. The number of allylic oxidation sites excluding steroid dienone is 1. The van der Waals surface area contributed by atoms with Crippen LogP contribution in [0.4, 0.5) is 0 Å². The first-order valence-corrected chi connectivity index (χ1v) is 10.9. The predicted octanol–water partition coefficient (Wildman–Crippen LogP) is 3.74. The Labute approximate surface area is 142 Å². The Bertz CT molecular complexity index is 552. The van der Waals surface area contributed by atoms with Crippen molar-refractivity contribution in [2.45, 2.75) is 38.4 Å². The molecule has 0 spiro atoms. The van der Waals surface area contributed by atoms with Crippen molar-refractivity contribution < 1.29 is 0 Å². The molecule has 0 saturated carbocycles. The molecule has 0 aliphatic rings. The monoisotopic (exact) mass is 323 g/mol. The van der Waals surface area contributed by atoms with Gasteiger partial charge in [0.1, 0.15) is 8.07 Å². The minimum absolute atomic E-state index is 0.215. The lowest BCUT2D eigenvalue weighted by molar-refractivity contribution is 0.562. The van der Waals surface area contributed by atoms with E-state index in [0.717, 1.165) is 18.9 Å². The third-order valence-corrected chi connectivity index (χ3v) is 9.99. The lowest BCUT2D eigenvalue weighted by atomic mass is 10.1. The Morgan fingerprint density at radius 1 is 0.957 bits per heavy atom. The van der Waals surface area contributed by atoms with Crippen molar-refractivity contribution in [3.63, 3.8) is 0 Å². The average Bonchev–Trinajstić information content (AvgIpc) is 2.57. The van der Waals surface area contributed by atoms with Gasteiger partial charge in [0.15, 0.2) is 0 Å². The van der Waals surface area contributed by atoms with Crippen molar-refractivity contribution in [1.29, 1.82) is 0 Å². The Morgan fingerprint density at radius 2 is 1.43 bits per heavy atom. The molecule has 2 aromatic carbocycles. The molecule has 2 heteroatoms. The number of hydrogen-bond donors (Lipinski definition) is 1. The molecule has 0 saturated heterocycles. The third kappa shape index (κ3) is 4.01. The first-order chi connectivity index (χ1) is 11.1. The molecule has 2 N–H and O–H groups in total. The van der Waals surface area contributed by atoms with E-state index in [1.165, 1.54) is 10.4 Å². The number of nitrogens with two attached hydrogens (primary N) is 1. The Hall–Kier alpha value is -1.64. The quantitative estimate of drug-likeness (QED) is 0.581. The Balaban J connectivity index is 2.60. The fourth-order valence-electron chi connectivity index (χ4n) is 3.58. The molecule has 0 aliphatic heterocycles. The highest BCUT2D eigenvalue weighted by Gasteiger charge is 2.42. The SMILES string of the molecule is C=CCC[Si](c1ccccc1)(c1ccccc1)C(N)CC(C)C. The largest absolute Gasteiger partial charge is 0.329 e. The molecular formula is C21H29NSi. The van der Waals surface area contributed by atoms with Gasteiger partial charge in [-0.25, -0.2) is 0 Å². The van der Waals surface area contributed by atoms with E-state index in [2.05, 4.69) is 81.1 Å². The summed E-state index contributed by atoms with van der Waals surface area (Å²) in [6.45, 7) is 8.49. The zero-order valence-electron chi connectivity index (χ0n) is 14.4. The van der Waals surface area contributed by atoms with Crippen LogP contribution in [-0.4, -0.2) is 13.7 Å². The second-order valence-corrected chi connectivity index (χ2v) is 11.1. The summed E-state index contributed by atoms with van der Waals surface area (Å²) in [4.78, 5) is 0. The summed E-state index contributed by atoms with van der Waals surface area (Å²) in [5, 5.41) is 2.89. The standard InChI is InChI=1S/C21H29NSi/c1-4-5-16-23(21(22)17-18(2)3,19-12-8-6-9-13-19)20-14-10-7-11-15-20/h4,6-15,18,21H,1,5,16-17,22H2,2-3H3. The lowest BCUT2D eigenvalue weighted by Crippen LogP contribution is -2.69. The van der Waals surface area contributed by atoms with Crippen LogP contribution in [0.5, 0.6) is 0 Å². The molecule has 0 aromatic heterocycles. The minimum atomic E-state index is -2.03. The maximum Gasteiger partial charge on any atom is 0.134 e. The zero-order chi connectivity index (χ0) is 16.7. The van der Waals surface area contributed by atoms with Crippen molar-refractivity contribution in [1.82, 2.24) is 0 Å². The first kappa shape index (κ1) is 17.7. The summed E-state index contributed by atoms with van der Waals surface area (Å²) in [6, 6.07) is 23.0. The van der Waals surface area contributed by atoms with E-state index in [1.807, 2.05) is 6.08 Å². The van der Waals surface area contributed by atoms with Crippen molar-refractivity contribution >= 4 is 18.4 Å². The van der Waals surface area contributed by atoms with Crippen molar-refractivity contribution in [3.05, 3.63) is 73.3 Å². The minimum Gasteiger partial charge on any atom is -0.329 e. The predicted molar refractivity (Wildman–Crippen MR) is 105 cm³/mol. The van der Waals surface area contributed by atoms with Crippen LogP contribution in [0.3, 0.4) is 0 Å².